The Bertz CT molecular complexity index is 2010. The summed E-state index contributed by atoms with van der Waals surface area (Å²) in [7, 11) is 1.99. The van der Waals surface area contributed by atoms with E-state index in [9.17, 15) is 9.59 Å². The molecule has 5 aromatic carbocycles. The molecule has 0 saturated heterocycles. The molecule has 0 atom stereocenters. The van der Waals surface area contributed by atoms with E-state index in [4.69, 9.17) is 14.2 Å². The monoisotopic (exact) mass is 570 g/mol. The fraction of sp³-hybridized carbons (Fsp3) is 0.162. The Hall–Kier alpha value is -5.23. The maximum absolute atomic E-state index is 14.1. The third-order valence-electron chi connectivity index (χ3n) is 7.71. The average molecular weight is 571 g/mol. The predicted molar refractivity (Wildman–Crippen MR) is 168 cm³/mol. The van der Waals surface area contributed by atoms with Crippen LogP contribution in [0.4, 0.5) is 0 Å². The van der Waals surface area contributed by atoms with Gasteiger partial charge in [0.15, 0.2) is 0 Å². The van der Waals surface area contributed by atoms with Gasteiger partial charge in [-0.1, -0.05) is 54.6 Å². The third kappa shape index (κ3) is 5.40. The number of esters is 2. The molecule has 0 amide bonds. The highest BCUT2D eigenvalue weighted by Gasteiger charge is 2.26. The number of fused-ring (bicyclic) bond motifs is 3. The smallest absolute Gasteiger partial charge is 0.345 e. The van der Waals surface area contributed by atoms with Crippen molar-refractivity contribution in [2.24, 2.45) is 7.05 Å². The molecule has 1 aromatic heterocycles. The molecule has 0 radical (unpaired) electrons. The second kappa shape index (κ2) is 11.6. The Morgan fingerprint density at radius 2 is 1.37 bits per heavy atom. The van der Waals surface area contributed by atoms with Crippen LogP contribution in [0.15, 0.2) is 97.1 Å². The van der Waals surface area contributed by atoms with Crippen molar-refractivity contribution >= 4 is 44.5 Å². The van der Waals surface area contributed by atoms with Crippen LogP contribution in [0, 0.1) is 13.8 Å². The molecule has 6 nitrogen and oxygen atoms in total. The van der Waals surface area contributed by atoms with E-state index >= 15 is 0 Å². The van der Waals surface area contributed by atoms with Gasteiger partial charge in [0, 0.05) is 6.07 Å². The number of benzene rings is 5. The lowest BCUT2D eigenvalue weighted by atomic mass is 9.98. The molecular formula is C37H32NO5+. The van der Waals surface area contributed by atoms with Gasteiger partial charge in [-0.05, 0) is 78.6 Å². The Morgan fingerprint density at radius 3 is 2.07 bits per heavy atom. The Labute approximate surface area is 250 Å². The highest BCUT2D eigenvalue weighted by atomic mass is 16.5. The molecule has 0 N–H and O–H groups in total. The highest BCUT2D eigenvalue weighted by molar-refractivity contribution is 6.15. The summed E-state index contributed by atoms with van der Waals surface area (Å²) in [5.41, 5.74) is 4.87. The number of nitrogens with zero attached hydrogens (tertiary/aromatic N) is 1. The fourth-order valence-corrected chi connectivity index (χ4v) is 5.64. The van der Waals surface area contributed by atoms with Crippen LogP contribution < -0.4 is 14.0 Å². The molecule has 0 aliphatic carbocycles. The quantitative estimate of drug-likeness (QED) is 0.0858. The highest BCUT2D eigenvalue weighted by Crippen LogP contribution is 2.33. The van der Waals surface area contributed by atoms with Crippen LogP contribution in [0.3, 0.4) is 0 Å². The second-order valence-electron chi connectivity index (χ2n) is 10.7. The van der Waals surface area contributed by atoms with Crippen LogP contribution in [0.1, 0.15) is 44.3 Å². The van der Waals surface area contributed by atoms with Crippen molar-refractivity contribution in [2.45, 2.75) is 27.4 Å². The topological polar surface area (TPSA) is 65.7 Å². The second-order valence-corrected chi connectivity index (χ2v) is 10.7. The first-order chi connectivity index (χ1) is 20.8. The molecule has 0 unspecified atom stereocenters. The lowest BCUT2D eigenvalue weighted by Gasteiger charge is -2.15. The number of pyridine rings is 1. The van der Waals surface area contributed by atoms with Crippen molar-refractivity contribution in [3.8, 4) is 11.5 Å². The minimum absolute atomic E-state index is 0.180. The van der Waals surface area contributed by atoms with Gasteiger partial charge in [-0.25, -0.2) is 9.59 Å². The van der Waals surface area contributed by atoms with Crippen LogP contribution in [0.25, 0.3) is 32.6 Å². The number of carbonyl (C=O) groups excluding carboxylic acids is 2. The van der Waals surface area contributed by atoms with Gasteiger partial charge < -0.3 is 14.2 Å². The van der Waals surface area contributed by atoms with Crippen molar-refractivity contribution in [3.05, 3.63) is 125 Å². The summed E-state index contributed by atoms with van der Waals surface area (Å²) in [6, 6.07) is 30.9. The van der Waals surface area contributed by atoms with E-state index in [0.717, 1.165) is 43.9 Å². The molecule has 0 aliphatic heterocycles. The lowest BCUT2D eigenvalue weighted by Crippen LogP contribution is -2.31. The van der Waals surface area contributed by atoms with Crippen LogP contribution in [0.2, 0.25) is 0 Å². The summed E-state index contributed by atoms with van der Waals surface area (Å²) in [6.07, 6.45) is 0. The Morgan fingerprint density at radius 1 is 0.721 bits per heavy atom. The molecule has 0 bridgehead atoms. The zero-order chi connectivity index (χ0) is 30.1. The van der Waals surface area contributed by atoms with Crippen molar-refractivity contribution in [3.63, 3.8) is 0 Å². The number of aryl methyl sites for hydroxylation is 3. The summed E-state index contributed by atoms with van der Waals surface area (Å²) >= 11 is 0. The molecule has 0 aliphatic rings. The molecule has 0 fully saturated rings. The van der Waals surface area contributed by atoms with E-state index < -0.39 is 11.9 Å². The van der Waals surface area contributed by atoms with E-state index in [1.807, 2.05) is 101 Å². The number of carbonyl (C=O) groups is 2. The molecule has 0 saturated carbocycles. The van der Waals surface area contributed by atoms with E-state index in [1.165, 1.54) is 0 Å². The summed E-state index contributed by atoms with van der Waals surface area (Å²) < 4.78 is 19.5. The van der Waals surface area contributed by atoms with Crippen LogP contribution in [0.5, 0.6) is 11.5 Å². The minimum Gasteiger partial charge on any atom is -0.494 e. The van der Waals surface area contributed by atoms with Gasteiger partial charge in [0.25, 0.3) is 0 Å². The first-order valence-electron chi connectivity index (χ1n) is 14.3. The van der Waals surface area contributed by atoms with Gasteiger partial charge in [-0.3, -0.25) is 0 Å². The first kappa shape index (κ1) is 27.9. The van der Waals surface area contributed by atoms with Gasteiger partial charge in [0.05, 0.1) is 34.6 Å². The van der Waals surface area contributed by atoms with E-state index in [0.29, 0.717) is 34.6 Å². The van der Waals surface area contributed by atoms with Crippen LogP contribution >= 0.6 is 0 Å². The Balaban J connectivity index is 1.40. The predicted octanol–water partition coefficient (Wildman–Crippen LogP) is 7.56. The zero-order valence-electron chi connectivity index (χ0n) is 24.6. The van der Waals surface area contributed by atoms with Gasteiger partial charge in [0.2, 0.25) is 11.0 Å². The van der Waals surface area contributed by atoms with Crippen molar-refractivity contribution in [1.82, 2.24) is 0 Å². The summed E-state index contributed by atoms with van der Waals surface area (Å²) in [5, 5.41) is 3.65. The number of hydrogen-bond donors (Lipinski definition) is 0. The van der Waals surface area contributed by atoms with Gasteiger partial charge in [0.1, 0.15) is 25.2 Å². The molecule has 0 spiro atoms. The molecular weight excluding hydrogens is 538 g/mol. The van der Waals surface area contributed by atoms with E-state index in [2.05, 4.69) is 16.7 Å². The molecule has 6 rings (SSSR count). The van der Waals surface area contributed by atoms with Crippen molar-refractivity contribution in [2.75, 3.05) is 6.61 Å². The molecule has 43 heavy (non-hydrogen) atoms. The lowest BCUT2D eigenvalue weighted by molar-refractivity contribution is -0.617. The largest absolute Gasteiger partial charge is 0.494 e. The first-order valence-corrected chi connectivity index (χ1v) is 14.3. The summed E-state index contributed by atoms with van der Waals surface area (Å²) in [5.74, 6) is 0.246. The van der Waals surface area contributed by atoms with Gasteiger partial charge >= 0.3 is 11.9 Å². The van der Waals surface area contributed by atoms with E-state index in [-0.39, 0.29) is 6.61 Å². The van der Waals surface area contributed by atoms with Gasteiger partial charge in [-0.2, -0.15) is 4.57 Å². The summed E-state index contributed by atoms with van der Waals surface area (Å²) in [6.45, 7) is 6.31. The van der Waals surface area contributed by atoms with Crippen LogP contribution in [-0.4, -0.2) is 18.5 Å². The number of rotatable bonds is 7. The SMILES string of the molecule is CCOc1ccc2c(C(=O)Oc3c(C)cc(C(=O)OCc4ccccc4)cc3C)c3cc4ccccc4cc3[n+](C)c2c1. The van der Waals surface area contributed by atoms with Crippen molar-refractivity contribution in [1.29, 1.82) is 0 Å². The molecule has 214 valence electrons. The Kier molecular flexibility index (Phi) is 7.51. The van der Waals surface area contributed by atoms with Crippen molar-refractivity contribution < 1.29 is 28.4 Å². The summed E-state index contributed by atoms with van der Waals surface area (Å²) in [4.78, 5) is 27.0. The number of hydrogen-bond acceptors (Lipinski definition) is 5. The number of ether oxygens (including phenoxy) is 3. The fourth-order valence-electron chi connectivity index (χ4n) is 5.64. The molecule has 1 heterocycles. The normalized spacial score (nSPS) is 11.2. The van der Waals surface area contributed by atoms with Gasteiger partial charge in [-0.15, -0.1) is 0 Å². The zero-order valence-corrected chi connectivity index (χ0v) is 24.6. The third-order valence-corrected chi connectivity index (χ3v) is 7.71. The minimum atomic E-state index is -0.472. The maximum atomic E-state index is 14.1. The average Bonchev–Trinajstić information content (AvgIpc) is 3.02. The maximum Gasteiger partial charge on any atom is 0.345 e. The van der Waals surface area contributed by atoms with E-state index in [1.54, 1.807) is 12.1 Å². The number of aromatic nitrogens is 1. The van der Waals surface area contributed by atoms with Crippen LogP contribution in [-0.2, 0) is 18.4 Å². The molecule has 6 aromatic rings. The molecule has 6 heteroatoms. The standard InChI is InChI=1S/C37H32NO5/c1-5-41-29-15-16-30-33(21-29)38(4)32-20-27-14-10-9-13-26(27)19-31(32)34(30)37(40)43-35-23(2)17-28(18-24(35)3)36(39)42-22-25-11-7-6-8-12-25/h6-21H,5,22H2,1-4H3/q+1.